The van der Waals surface area contributed by atoms with Crippen LogP contribution in [-0.4, -0.2) is 16.8 Å². The Morgan fingerprint density at radius 2 is 2.00 bits per heavy atom. The molecule has 0 unspecified atom stereocenters. The Labute approximate surface area is 97.0 Å². The van der Waals surface area contributed by atoms with Crippen molar-refractivity contribution in [3.8, 4) is 0 Å². The van der Waals surface area contributed by atoms with E-state index in [0.717, 1.165) is 16.5 Å². The van der Waals surface area contributed by atoms with Crippen LogP contribution < -0.4 is 5.32 Å². The van der Waals surface area contributed by atoms with Crippen LogP contribution in [0.15, 0.2) is 42.6 Å². The number of rotatable bonds is 1. The number of carbonyl (C=O) groups is 2. The van der Waals surface area contributed by atoms with E-state index in [1.807, 2.05) is 24.3 Å². The molecule has 4 heteroatoms. The summed E-state index contributed by atoms with van der Waals surface area (Å²) >= 11 is 0. The molecule has 2 heterocycles. The van der Waals surface area contributed by atoms with Gasteiger partial charge in [-0.2, -0.15) is 0 Å². The van der Waals surface area contributed by atoms with Crippen LogP contribution in [0.5, 0.6) is 0 Å². The second-order valence-corrected chi connectivity index (χ2v) is 3.79. The lowest BCUT2D eigenvalue weighted by atomic mass is 10.0. The number of nitrogens with zero attached hydrogens (tertiary/aromatic N) is 1. The molecule has 17 heavy (non-hydrogen) atoms. The van der Waals surface area contributed by atoms with E-state index in [4.69, 9.17) is 0 Å². The van der Waals surface area contributed by atoms with E-state index in [-0.39, 0.29) is 11.8 Å². The van der Waals surface area contributed by atoms with Gasteiger partial charge in [-0.1, -0.05) is 12.1 Å². The lowest BCUT2D eigenvalue weighted by molar-refractivity contribution is -0.123. The predicted molar refractivity (Wildman–Crippen MR) is 62.9 cm³/mol. The SMILES string of the molecule is O=C1C=C(c2ccc3ncccc3c2)C(=O)N1. The van der Waals surface area contributed by atoms with Gasteiger partial charge in [-0.25, -0.2) is 0 Å². The summed E-state index contributed by atoms with van der Waals surface area (Å²) in [6.07, 6.45) is 3.03. The van der Waals surface area contributed by atoms with Crippen molar-refractivity contribution in [2.45, 2.75) is 0 Å². The molecule has 1 aliphatic heterocycles. The Morgan fingerprint density at radius 3 is 2.76 bits per heavy atom. The number of benzene rings is 1. The van der Waals surface area contributed by atoms with Gasteiger partial charge in [0.1, 0.15) is 0 Å². The van der Waals surface area contributed by atoms with Crippen LogP contribution in [-0.2, 0) is 9.59 Å². The van der Waals surface area contributed by atoms with Gasteiger partial charge in [0.15, 0.2) is 0 Å². The summed E-state index contributed by atoms with van der Waals surface area (Å²) in [5, 5.41) is 3.17. The molecule has 2 aromatic rings. The van der Waals surface area contributed by atoms with Crippen LogP contribution in [0.4, 0.5) is 0 Å². The first-order valence-corrected chi connectivity index (χ1v) is 5.16. The molecule has 1 aromatic carbocycles. The van der Waals surface area contributed by atoms with E-state index in [1.54, 1.807) is 12.3 Å². The normalized spacial score (nSPS) is 14.9. The average molecular weight is 224 g/mol. The zero-order chi connectivity index (χ0) is 11.8. The summed E-state index contributed by atoms with van der Waals surface area (Å²) in [7, 11) is 0. The van der Waals surface area contributed by atoms with E-state index in [1.165, 1.54) is 6.08 Å². The van der Waals surface area contributed by atoms with Crippen LogP contribution >= 0.6 is 0 Å². The van der Waals surface area contributed by atoms with Gasteiger partial charge in [-0.05, 0) is 23.8 Å². The molecule has 0 spiro atoms. The van der Waals surface area contributed by atoms with Gasteiger partial charge in [0.25, 0.3) is 11.8 Å². The molecule has 82 valence electrons. The molecule has 3 rings (SSSR count). The first-order chi connectivity index (χ1) is 8.24. The lowest BCUT2D eigenvalue weighted by Crippen LogP contribution is -2.21. The summed E-state index contributed by atoms with van der Waals surface area (Å²) < 4.78 is 0. The molecular weight excluding hydrogens is 216 g/mol. The highest BCUT2D eigenvalue weighted by molar-refractivity contribution is 6.33. The number of hydrogen-bond donors (Lipinski definition) is 1. The Balaban J connectivity index is 2.16. The van der Waals surface area contributed by atoms with Crippen LogP contribution in [0, 0.1) is 0 Å². The second kappa shape index (κ2) is 3.52. The third kappa shape index (κ3) is 1.59. The van der Waals surface area contributed by atoms with E-state index in [2.05, 4.69) is 10.3 Å². The Bertz CT molecular complexity index is 674. The van der Waals surface area contributed by atoms with Crippen LogP contribution in [0.25, 0.3) is 16.5 Å². The second-order valence-electron chi connectivity index (χ2n) is 3.79. The number of pyridine rings is 1. The molecule has 0 saturated carbocycles. The van der Waals surface area contributed by atoms with E-state index >= 15 is 0 Å². The third-order valence-corrected chi connectivity index (χ3v) is 2.67. The summed E-state index contributed by atoms with van der Waals surface area (Å²) in [5.41, 5.74) is 2.00. The standard InChI is InChI=1S/C13H8N2O2/c16-12-7-10(13(17)15-12)8-3-4-11-9(6-8)2-1-5-14-11/h1-7H,(H,15,16,17). The van der Waals surface area contributed by atoms with Crippen molar-refractivity contribution >= 4 is 28.3 Å². The number of amides is 2. The molecule has 1 N–H and O–H groups in total. The van der Waals surface area contributed by atoms with Crippen LogP contribution in [0.2, 0.25) is 0 Å². The van der Waals surface area contributed by atoms with Gasteiger partial charge in [0.05, 0.1) is 11.1 Å². The van der Waals surface area contributed by atoms with E-state index in [9.17, 15) is 9.59 Å². The average Bonchev–Trinajstić information content (AvgIpc) is 2.68. The summed E-state index contributed by atoms with van der Waals surface area (Å²) in [5.74, 6) is -0.713. The van der Waals surface area contributed by atoms with Crippen LogP contribution in [0.3, 0.4) is 0 Å². The highest BCUT2D eigenvalue weighted by Crippen LogP contribution is 2.22. The minimum absolute atomic E-state index is 0.349. The zero-order valence-electron chi connectivity index (χ0n) is 8.81. The maximum atomic E-state index is 11.5. The molecular formula is C13H8N2O2. The Morgan fingerprint density at radius 1 is 1.12 bits per heavy atom. The highest BCUT2D eigenvalue weighted by Gasteiger charge is 2.21. The molecule has 0 atom stereocenters. The molecule has 0 bridgehead atoms. The Hall–Kier alpha value is -2.49. The van der Waals surface area contributed by atoms with E-state index in [0.29, 0.717) is 5.57 Å². The van der Waals surface area contributed by atoms with Gasteiger partial charge in [0, 0.05) is 17.7 Å². The van der Waals surface area contributed by atoms with Crippen molar-refractivity contribution in [1.82, 2.24) is 10.3 Å². The first kappa shape index (κ1) is 9.72. The topological polar surface area (TPSA) is 59.1 Å². The quantitative estimate of drug-likeness (QED) is 0.742. The third-order valence-electron chi connectivity index (χ3n) is 2.67. The van der Waals surface area contributed by atoms with Gasteiger partial charge >= 0.3 is 0 Å². The van der Waals surface area contributed by atoms with Crippen molar-refractivity contribution in [2.24, 2.45) is 0 Å². The lowest BCUT2D eigenvalue weighted by Gasteiger charge is -2.02. The molecule has 0 radical (unpaired) electrons. The van der Waals surface area contributed by atoms with Gasteiger partial charge in [-0.15, -0.1) is 0 Å². The smallest absolute Gasteiger partial charge is 0.258 e. The molecule has 1 aliphatic rings. The van der Waals surface area contributed by atoms with Crippen molar-refractivity contribution in [3.05, 3.63) is 48.2 Å². The number of aromatic nitrogens is 1. The fourth-order valence-corrected chi connectivity index (χ4v) is 1.87. The number of hydrogen-bond acceptors (Lipinski definition) is 3. The first-order valence-electron chi connectivity index (χ1n) is 5.16. The minimum Gasteiger partial charge on any atom is -0.289 e. The van der Waals surface area contributed by atoms with Crippen molar-refractivity contribution in [3.63, 3.8) is 0 Å². The Kier molecular flexibility index (Phi) is 2.01. The number of carbonyl (C=O) groups excluding carboxylic acids is 2. The van der Waals surface area contributed by atoms with Gasteiger partial charge in [-0.3, -0.25) is 19.9 Å². The van der Waals surface area contributed by atoms with Gasteiger partial charge < -0.3 is 0 Å². The monoisotopic (exact) mass is 224 g/mol. The maximum absolute atomic E-state index is 11.5. The number of nitrogens with one attached hydrogen (secondary N) is 1. The highest BCUT2D eigenvalue weighted by atomic mass is 16.2. The number of imide groups is 1. The molecule has 0 fully saturated rings. The van der Waals surface area contributed by atoms with Gasteiger partial charge in [0.2, 0.25) is 0 Å². The summed E-state index contributed by atoms with van der Waals surface area (Å²) in [6.45, 7) is 0. The molecule has 2 amide bonds. The fourth-order valence-electron chi connectivity index (χ4n) is 1.87. The largest absolute Gasteiger partial charge is 0.289 e. The van der Waals surface area contributed by atoms with Crippen molar-refractivity contribution < 1.29 is 9.59 Å². The molecule has 4 nitrogen and oxygen atoms in total. The minimum atomic E-state index is -0.365. The number of fused-ring (bicyclic) bond motifs is 1. The summed E-state index contributed by atoms with van der Waals surface area (Å²) in [4.78, 5) is 26.8. The van der Waals surface area contributed by atoms with E-state index < -0.39 is 0 Å². The predicted octanol–water partition coefficient (Wildman–Crippen LogP) is 1.27. The zero-order valence-corrected chi connectivity index (χ0v) is 8.81. The maximum Gasteiger partial charge on any atom is 0.258 e. The molecule has 0 aliphatic carbocycles. The molecule has 1 aromatic heterocycles. The molecule has 0 saturated heterocycles. The van der Waals surface area contributed by atoms with Crippen molar-refractivity contribution in [2.75, 3.05) is 0 Å². The summed E-state index contributed by atoms with van der Waals surface area (Å²) in [6, 6.07) is 9.23. The van der Waals surface area contributed by atoms with Crippen LogP contribution in [0.1, 0.15) is 5.56 Å². The fraction of sp³-hybridized carbons (Fsp3) is 0. The van der Waals surface area contributed by atoms with Crippen molar-refractivity contribution in [1.29, 1.82) is 0 Å².